The minimum atomic E-state index is -0.383. The van der Waals surface area contributed by atoms with Gasteiger partial charge in [0, 0.05) is 12.0 Å². The van der Waals surface area contributed by atoms with Crippen molar-refractivity contribution in [2.45, 2.75) is 89.3 Å². The van der Waals surface area contributed by atoms with Crippen LogP contribution in [0.25, 0.3) is 11.1 Å². The number of ether oxygens (including phenoxy) is 1. The zero-order valence-electron chi connectivity index (χ0n) is 20.7. The van der Waals surface area contributed by atoms with Gasteiger partial charge in [-0.15, -0.1) is 0 Å². The van der Waals surface area contributed by atoms with Crippen LogP contribution in [-0.2, 0) is 4.74 Å². The number of aliphatic hydroxyl groups is 1. The Labute approximate surface area is 204 Å². The van der Waals surface area contributed by atoms with Gasteiger partial charge in [0.1, 0.15) is 6.61 Å². The number of allylic oxidation sites excluding steroid dienone is 1. The molecule has 0 bridgehead atoms. The summed E-state index contributed by atoms with van der Waals surface area (Å²) in [5, 5.41) is 10.4. The third-order valence-electron chi connectivity index (χ3n) is 7.34. The molecule has 4 heteroatoms. The van der Waals surface area contributed by atoms with Gasteiger partial charge >= 0.3 is 6.09 Å². The highest BCUT2D eigenvalue weighted by molar-refractivity contribution is 5.79. The summed E-state index contributed by atoms with van der Waals surface area (Å²) in [4.78, 5) is 15.1. The molecule has 0 radical (unpaired) electrons. The van der Waals surface area contributed by atoms with E-state index in [1.54, 1.807) is 0 Å². The second-order valence-corrected chi connectivity index (χ2v) is 9.88. The van der Waals surface area contributed by atoms with Crippen molar-refractivity contribution >= 4 is 6.09 Å². The van der Waals surface area contributed by atoms with Crippen molar-refractivity contribution in [1.29, 1.82) is 0 Å². The molecule has 2 aromatic carbocycles. The lowest BCUT2D eigenvalue weighted by Gasteiger charge is -2.40. The number of unbranched alkanes of at least 4 members (excludes halogenated alkanes) is 5. The van der Waals surface area contributed by atoms with Crippen LogP contribution in [-0.4, -0.2) is 40.9 Å². The Bertz CT molecular complexity index is 939. The number of carbonyl (C=O) groups is 1. The Morgan fingerprint density at radius 2 is 1.65 bits per heavy atom. The van der Waals surface area contributed by atoms with Crippen LogP contribution in [0.5, 0.6) is 0 Å². The SMILES string of the molecule is CCCCCCC/C=C/[C@@H]1C[C@H](O)C[C@H](C)N1C(=O)OCC1c2ccccc2-c2ccccc21. The molecule has 4 rings (SSSR count). The molecule has 0 spiro atoms. The lowest BCUT2D eigenvalue weighted by Crippen LogP contribution is -2.52. The van der Waals surface area contributed by atoms with Crippen LogP contribution in [0.2, 0.25) is 0 Å². The van der Waals surface area contributed by atoms with E-state index in [1.807, 2.05) is 11.8 Å². The second kappa shape index (κ2) is 11.7. The average molecular weight is 462 g/mol. The molecule has 2 aromatic rings. The normalized spacial score (nSPS) is 22.1. The standard InChI is InChI=1S/C30H39NO3/c1-3-4-5-6-7-8-9-14-23-20-24(32)19-22(2)31(23)30(33)34-21-29-27-17-12-10-15-25(27)26-16-11-13-18-28(26)29/h9-18,22-24,29,32H,3-8,19-21H2,1-2H3/b14-9+/t22-,23+,24+/m0/s1. The summed E-state index contributed by atoms with van der Waals surface area (Å²) in [5.74, 6) is 0.0548. The molecule has 182 valence electrons. The summed E-state index contributed by atoms with van der Waals surface area (Å²) in [6.07, 6.45) is 12.1. The minimum Gasteiger partial charge on any atom is -0.448 e. The maximum atomic E-state index is 13.3. The van der Waals surface area contributed by atoms with Crippen LogP contribution >= 0.6 is 0 Å². The molecular formula is C30H39NO3. The molecule has 1 fully saturated rings. The van der Waals surface area contributed by atoms with Gasteiger partial charge in [0.25, 0.3) is 0 Å². The molecule has 1 amide bonds. The van der Waals surface area contributed by atoms with Gasteiger partial charge in [0.05, 0.1) is 12.1 Å². The van der Waals surface area contributed by atoms with Crippen LogP contribution in [0.15, 0.2) is 60.7 Å². The second-order valence-electron chi connectivity index (χ2n) is 9.88. The summed E-state index contributed by atoms with van der Waals surface area (Å²) < 4.78 is 5.96. The number of fused-ring (bicyclic) bond motifs is 3. The van der Waals surface area contributed by atoms with E-state index in [0.717, 1.165) is 6.42 Å². The third kappa shape index (κ3) is 5.55. The number of amides is 1. The van der Waals surface area contributed by atoms with Crippen LogP contribution in [0.4, 0.5) is 4.79 Å². The van der Waals surface area contributed by atoms with Crippen molar-refractivity contribution in [2.24, 2.45) is 0 Å². The number of carbonyl (C=O) groups excluding carboxylic acids is 1. The summed E-state index contributed by atoms with van der Waals surface area (Å²) in [6, 6.07) is 16.6. The Morgan fingerprint density at radius 1 is 1.00 bits per heavy atom. The number of likely N-dealkylation sites (tertiary alicyclic amines) is 1. The molecule has 1 aliphatic carbocycles. The highest BCUT2D eigenvalue weighted by atomic mass is 16.6. The van der Waals surface area contributed by atoms with Crippen molar-refractivity contribution in [3.05, 3.63) is 71.8 Å². The van der Waals surface area contributed by atoms with E-state index in [0.29, 0.717) is 19.4 Å². The predicted molar refractivity (Wildman–Crippen MR) is 138 cm³/mol. The van der Waals surface area contributed by atoms with Gasteiger partial charge in [-0.1, -0.05) is 93.3 Å². The average Bonchev–Trinajstić information content (AvgIpc) is 3.15. The first-order chi connectivity index (χ1) is 16.6. The smallest absolute Gasteiger partial charge is 0.410 e. The Hall–Kier alpha value is -2.59. The Balaban J connectivity index is 1.40. The molecule has 0 unspecified atom stereocenters. The fourth-order valence-corrected chi connectivity index (χ4v) is 5.60. The first-order valence-corrected chi connectivity index (χ1v) is 13.1. The van der Waals surface area contributed by atoms with Gasteiger partial charge in [-0.05, 0) is 54.9 Å². The molecule has 2 aliphatic rings. The lowest BCUT2D eigenvalue weighted by atomic mass is 9.93. The van der Waals surface area contributed by atoms with Crippen molar-refractivity contribution in [1.82, 2.24) is 4.90 Å². The topological polar surface area (TPSA) is 49.8 Å². The largest absolute Gasteiger partial charge is 0.448 e. The quantitative estimate of drug-likeness (QED) is 0.321. The van der Waals surface area contributed by atoms with Crippen LogP contribution in [0.1, 0.15) is 82.3 Å². The van der Waals surface area contributed by atoms with Gasteiger partial charge in [-0.2, -0.15) is 0 Å². The number of hydrogen-bond donors (Lipinski definition) is 1. The fourth-order valence-electron chi connectivity index (χ4n) is 5.60. The van der Waals surface area contributed by atoms with Gasteiger partial charge < -0.3 is 9.84 Å². The molecule has 1 saturated heterocycles. The maximum Gasteiger partial charge on any atom is 0.410 e. The Morgan fingerprint density at radius 3 is 2.32 bits per heavy atom. The van der Waals surface area contributed by atoms with E-state index in [1.165, 1.54) is 54.4 Å². The van der Waals surface area contributed by atoms with Gasteiger partial charge in [0.2, 0.25) is 0 Å². The van der Waals surface area contributed by atoms with E-state index in [-0.39, 0.29) is 30.2 Å². The van der Waals surface area contributed by atoms with Gasteiger partial charge in [0.15, 0.2) is 0 Å². The van der Waals surface area contributed by atoms with Crippen molar-refractivity contribution in [3.63, 3.8) is 0 Å². The van der Waals surface area contributed by atoms with E-state index in [2.05, 4.69) is 67.6 Å². The summed E-state index contributed by atoms with van der Waals surface area (Å²) in [6.45, 7) is 4.56. The summed E-state index contributed by atoms with van der Waals surface area (Å²) in [5.41, 5.74) is 4.90. The first-order valence-electron chi connectivity index (χ1n) is 13.1. The highest BCUT2D eigenvalue weighted by Gasteiger charge is 2.36. The molecular weight excluding hydrogens is 422 g/mol. The number of aliphatic hydroxyl groups excluding tert-OH is 1. The van der Waals surface area contributed by atoms with Crippen LogP contribution < -0.4 is 0 Å². The molecule has 0 aromatic heterocycles. The maximum absolute atomic E-state index is 13.3. The molecule has 0 saturated carbocycles. The third-order valence-corrected chi connectivity index (χ3v) is 7.34. The van der Waals surface area contributed by atoms with Crippen molar-refractivity contribution < 1.29 is 14.6 Å². The van der Waals surface area contributed by atoms with Crippen molar-refractivity contribution in [3.8, 4) is 11.1 Å². The molecule has 1 heterocycles. The van der Waals surface area contributed by atoms with E-state index < -0.39 is 0 Å². The molecule has 3 atom stereocenters. The molecule has 4 nitrogen and oxygen atoms in total. The zero-order valence-corrected chi connectivity index (χ0v) is 20.7. The molecule has 34 heavy (non-hydrogen) atoms. The first kappa shape index (κ1) is 24.5. The number of benzene rings is 2. The van der Waals surface area contributed by atoms with Crippen LogP contribution in [0.3, 0.4) is 0 Å². The zero-order chi connectivity index (χ0) is 23.9. The lowest BCUT2D eigenvalue weighted by molar-refractivity contribution is 0.0146. The number of piperidine rings is 1. The van der Waals surface area contributed by atoms with Gasteiger partial charge in [-0.25, -0.2) is 4.79 Å². The summed E-state index contributed by atoms with van der Waals surface area (Å²) in [7, 11) is 0. The van der Waals surface area contributed by atoms with E-state index in [4.69, 9.17) is 4.74 Å². The minimum absolute atomic E-state index is 0.0548. The highest BCUT2D eigenvalue weighted by Crippen LogP contribution is 2.44. The summed E-state index contributed by atoms with van der Waals surface area (Å²) >= 11 is 0. The molecule has 1 aliphatic heterocycles. The van der Waals surface area contributed by atoms with E-state index in [9.17, 15) is 9.90 Å². The van der Waals surface area contributed by atoms with Crippen LogP contribution in [0, 0.1) is 0 Å². The number of nitrogens with zero attached hydrogens (tertiary/aromatic N) is 1. The number of rotatable bonds is 9. The monoisotopic (exact) mass is 461 g/mol. The van der Waals surface area contributed by atoms with E-state index >= 15 is 0 Å². The predicted octanol–water partition coefficient (Wildman–Crippen LogP) is 7.07. The van der Waals surface area contributed by atoms with Gasteiger partial charge in [-0.3, -0.25) is 4.90 Å². The fraction of sp³-hybridized carbons (Fsp3) is 0.500. The Kier molecular flexibility index (Phi) is 8.44. The molecule has 1 N–H and O–H groups in total. The van der Waals surface area contributed by atoms with Crippen molar-refractivity contribution in [2.75, 3.05) is 6.61 Å². The number of hydrogen-bond acceptors (Lipinski definition) is 3.